The van der Waals surface area contributed by atoms with Gasteiger partial charge in [-0.25, -0.2) is 53.9 Å². The summed E-state index contributed by atoms with van der Waals surface area (Å²) < 4.78 is 172. The maximum absolute atomic E-state index is 13.8. The highest BCUT2D eigenvalue weighted by atomic mass is 19.2. The molecule has 6 amide bonds. The van der Waals surface area contributed by atoms with Crippen LogP contribution in [-0.2, 0) is 69.0 Å². The molecule has 0 unspecified atom stereocenters. The summed E-state index contributed by atoms with van der Waals surface area (Å²) in [5.74, 6) is -16.7. The molecule has 130 heavy (non-hydrogen) atoms. The van der Waals surface area contributed by atoms with Crippen LogP contribution >= 0.6 is 0 Å². The average Bonchev–Trinajstić information content (AvgIpc) is 1.56. The Balaban J connectivity index is 0.000000186. The van der Waals surface area contributed by atoms with E-state index < -0.39 is 181 Å². The molecular formula is C85H88F9N11O25. The van der Waals surface area contributed by atoms with Crippen molar-refractivity contribution in [3.8, 4) is 23.0 Å². The number of hydrogen-bond donors (Lipinski definition) is 6. The Labute approximate surface area is 731 Å². The van der Waals surface area contributed by atoms with Gasteiger partial charge < -0.3 is 107 Å². The number of hydrogen-bond acceptors (Lipinski definition) is 26. The molecule has 4 saturated heterocycles. The quantitative estimate of drug-likeness (QED) is 0.0320. The Hall–Kier alpha value is -14.0. The zero-order chi connectivity index (χ0) is 94.4. The van der Waals surface area contributed by atoms with Crippen LogP contribution in [0, 0.1) is 59.3 Å². The van der Waals surface area contributed by atoms with E-state index in [0.717, 1.165) is 18.0 Å². The van der Waals surface area contributed by atoms with E-state index in [0.29, 0.717) is 74.9 Å². The van der Waals surface area contributed by atoms with Crippen LogP contribution in [-0.4, -0.2) is 222 Å². The number of methoxy groups -OCH3 is 4. The second-order valence-electron chi connectivity index (χ2n) is 28.9. The van der Waals surface area contributed by atoms with Gasteiger partial charge in [0.25, 0.3) is 29.5 Å². The van der Waals surface area contributed by atoms with Crippen molar-refractivity contribution < 1.29 is 140 Å². The van der Waals surface area contributed by atoms with Crippen LogP contribution in [0.3, 0.4) is 0 Å². The van der Waals surface area contributed by atoms with Crippen molar-refractivity contribution in [1.82, 2.24) is 48.9 Å². The lowest BCUT2D eigenvalue weighted by molar-refractivity contribution is -0.191. The molecule has 696 valence electrons. The van der Waals surface area contributed by atoms with E-state index in [2.05, 4.69) is 20.7 Å². The highest BCUT2D eigenvalue weighted by molar-refractivity contribution is 6.01. The summed E-state index contributed by atoms with van der Waals surface area (Å²) in [7, 11) is 5.06. The second kappa shape index (κ2) is 43.7. The van der Waals surface area contributed by atoms with Crippen molar-refractivity contribution in [3.05, 3.63) is 252 Å². The third-order valence-corrected chi connectivity index (χ3v) is 21.8. The van der Waals surface area contributed by atoms with E-state index in [9.17, 15) is 107 Å². The van der Waals surface area contributed by atoms with E-state index in [-0.39, 0.29) is 148 Å². The molecule has 8 atom stereocenters. The third-order valence-electron chi connectivity index (χ3n) is 21.8. The lowest BCUT2D eigenvalue weighted by Gasteiger charge is -2.38. The number of rotatable bonds is 18. The molecule has 45 heteroatoms. The SMILES string of the molecule is C.CCN1C(=O)c2c(O)c(=O)c(C(=O)NCc3c(F)cc(F)cc3F)cn2[C@H]2COC[C@H]21.CCN1C(=O)c2c(O)c(=O)c(C(=O)NCc3c(F)cc(F)cc3F)cn2[C@H]2COC[C@H]21.CCN1C(=O)c2c(OC)c(=O)c(C(=O)OC)cn2[C@H]2COC[C@H]21.COC(=O)c1cn([C@H]2COC[C@H]2NC(=O)OCc2ccccc2)c(C)c(OC)c1=O.NCc1c(F)cc(F)cc1F.O=C=O. The Kier molecular flexibility index (Phi) is 33.5. The fraction of sp³-hybridized carbons (Fsp3) is 0.376. The van der Waals surface area contributed by atoms with Gasteiger partial charge in [-0.1, -0.05) is 37.8 Å². The molecule has 0 bridgehead atoms. The molecule has 7 aliphatic heterocycles. The number of carbonyl (C=O) groups is 8. The number of fused-ring (bicyclic) bond motifs is 9. The molecule has 0 spiro atoms. The largest absolute Gasteiger partial charge is 0.503 e. The molecule has 7 N–H and O–H groups in total. The van der Waals surface area contributed by atoms with Gasteiger partial charge in [-0.05, 0) is 33.3 Å². The highest BCUT2D eigenvalue weighted by Gasteiger charge is 2.49. The van der Waals surface area contributed by atoms with Crippen LogP contribution in [0.15, 0.2) is 111 Å². The topological polar surface area (TPSA) is 454 Å². The van der Waals surface area contributed by atoms with Crippen molar-refractivity contribution in [3.63, 3.8) is 0 Å². The maximum Gasteiger partial charge on any atom is 0.407 e. The number of nitrogens with zero attached hydrogens (tertiary/aromatic N) is 7. The molecular weight excluding hydrogens is 1750 g/mol. The first-order chi connectivity index (χ1) is 61.5. The molecule has 0 aliphatic carbocycles. The molecule has 11 heterocycles. The van der Waals surface area contributed by atoms with Gasteiger partial charge in [-0.2, -0.15) is 9.59 Å². The number of nitrogens with two attached hydrogens (primary N) is 1. The van der Waals surface area contributed by atoms with Crippen LogP contribution in [0.25, 0.3) is 0 Å². The molecule has 7 aliphatic rings. The minimum atomic E-state index is -1.20. The first-order valence-corrected chi connectivity index (χ1v) is 39.2. The molecule has 4 fully saturated rings. The zero-order valence-corrected chi connectivity index (χ0v) is 69.8. The Bertz CT molecular complexity index is 5710. The Morgan fingerprint density at radius 3 is 1.16 bits per heavy atom. The normalized spacial score (nSPS) is 18.5. The van der Waals surface area contributed by atoms with Gasteiger partial charge in [0, 0.05) is 117 Å². The first kappa shape index (κ1) is 99.8. The smallest absolute Gasteiger partial charge is 0.407 e. The molecule has 4 aromatic carbocycles. The number of carbonyl (C=O) groups excluding carboxylic acids is 10. The second-order valence-corrected chi connectivity index (χ2v) is 28.9. The summed E-state index contributed by atoms with van der Waals surface area (Å²) in [5, 5.41) is 28.0. The lowest BCUT2D eigenvalue weighted by atomic mass is 10.0. The Morgan fingerprint density at radius 1 is 0.462 bits per heavy atom. The van der Waals surface area contributed by atoms with E-state index in [1.807, 2.05) is 37.3 Å². The molecule has 36 nitrogen and oxygen atoms in total. The number of pyridine rings is 4. The first-order valence-electron chi connectivity index (χ1n) is 39.2. The van der Waals surface area contributed by atoms with Crippen molar-refractivity contribution in [2.45, 2.75) is 110 Å². The van der Waals surface area contributed by atoms with Crippen LogP contribution in [0.4, 0.5) is 44.3 Å². The van der Waals surface area contributed by atoms with Gasteiger partial charge in [0.15, 0.2) is 40.1 Å². The number of benzene rings is 4. The summed E-state index contributed by atoms with van der Waals surface area (Å²) in [4.78, 5) is 171. The molecule has 4 aromatic heterocycles. The van der Waals surface area contributed by atoms with Gasteiger partial charge in [-0.15, -0.1) is 0 Å². The van der Waals surface area contributed by atoms with Crippen LogP contribution < -0.4 is 52.9 Å². The van der Waals surface area contributed by atoms with E-state index >= 15 is 0 Å². The predicted octanol–water partition coefficient (Wildman–Crippen LogP) is 6.13. The van der Waals surface area contributed by atoms with Gasteiger partial charge in [0.1, 0.15) is 81.2 Å². The van der Waals surface area contributed by atoms with E-state index in [1.165, 1.54) is 59.8 Å². The van der Waals surface area contributed by atoms with Crippen molar-refractivity contribution in [1.29, 1.82) is 0 Å². The number of esters is 2. The summed E-state index contributed by atoms with van der Waals surface area (Å²) in [6.07, 6.45) is 4.74. The van der Waals surface area contributed by atoms with Gasteiger partial charge in [-0.3, -0.25) is 43.2 Å². The number of halogens is 9. The average molecular weight is 1830 g/mol. The number of amides is 6. The van der Waals surface area contributed by atoms with E-state index in [4.69, 9.17) is 53.2 Å². The fourth-order valence-corrected chi connectivity index (χ4v) is 15.5. The lowest BCUT2D eigenvalue weighted by Crippen LogP contribution is -2.51. The number of ether oxygens (including phenoxy) is 9. The highest BCUT2D eigenvalue weighted by Crippen LogP contribution is 2.39. The molecule has 0 saturated carbocycles. The van der Waals surface area contributed by atoms with Gasteiger partial charge in [0.05, 0.1) is 135 Å². The molecule has 8 aromatic rings. The van der Waals surface area contributed by atoms with Crippen molar-refractivity contribution >= 4 is 53.7 Å². The van der Waals surface area contributed by atoms with Crippen LogP contribution in [0.1, 0.15) is 153 Å². The van der Waals surface area contributed by atoms with E-state index in [1.54, 1.807) is 34.8 Å². The zero-order valence-electron chi connectivity index (χ0n) is 69.8. The summed E-state index contributed by atoms with van der Waals surface area (Å²) in [6, 6.07) is 9.82. The van der Waals surface area contributed by atoms with Crippen molar-refractivity contribution in [2.24, 2.45) is 5.73 Å². The summed E-state index contributed by atoms with van der Waals surface area (Å²) >= 11 is 0. The third kappa shape index (κ3) is 20.7. The number of aromatic hydroxyl groups is 2. The number of nitrogens with one attached hydrogen (secondary N) is 3. The van der Waals surface area contributed by atoms with Crippen LogP contribution in [0.2, 0.25) is 0 Å². The number of likely N-dealkylation sites (N-methyl/N-ethyl adjacent to an activating group) is 3. The molecule has 15 rings (SSSR count). The number of alkyl carbamates (subject to hydrolysis) is 1. The maximum atomic E-state index is 13.8. The van der Waals surface area contributed by atoms with Crippen LogP contribution in [0.5, 0.6) is 23.0 Å². The predicted molar refractivity (Wildman–Crippen MR) is 432 cm³/mol. The minimum Gasteiger partial charge on any atom is -0.503 e. The summed E-state index contributed by atoms with van der Waals surface area (Å²) in [5.41, 5.74) is -0.127. The van der Waals surface area contributed by atoms with Crippen molar-refractivity contribution in [2.75, 3.05) is 101 Å². The molecule has 0 radical (unpaired) electrons. The summed E-state index contributed by atoms with van der Waals surface area (Å²) in [6.45, 7) is 9.12. The fourth-order valence-electron chi connectivity index (χ4n) is 15.5. The standard InChI is InChI=1S/C21H24N2O7.2C20H18F3N3O5.C15H18N2O6.C7H6F3N.CO2.CH4/c1-13-19(27-2)18(24)15(20(25)28-3)9-23(13)17-12-29-11-16(17)22-21(26)30-10-14-7-5-4-6-8-14;2*1-2-25-14-7-31-8-15(14)26-6-11(17(27)18(28)16(26)20(25)30)19(29)24-5-10-12(22)3-9(21)4-13(10)23;1-4-16-9-6-23-7-10(9)17-5-8(15(20)22-3)12(18)13(21-2)11(17)14(16)19;8-4-1-6(9)5(3-11)7(10)2-4;2-1-3;/h4-9,16-17H,10-12H2,1-3H3,(H,22,26);2*3-4,6,14-15,28H,2,5,7-8H2,1H3,(H,24,29);5,9-10H,4,6-7H2,1-3H3;1-2H,3,11H2;;1H4/t16-,17+;2*14-,15+;9-,10+;;;/m1111.../s1. The van der Waals surface area contributed by atoms with Gasteiger partial charge in [0.2, 0.25) is 21.7 Å². The van der Waals surface area contributed by atoms with Gasteiger partial charge >= 0.3 is 24.2 Å². The Morgan fingerprint density at radius 2 is 0.792 bits per heavy atom. The monoisotopic (exact) mass is 1830 g/mol. The number of aromatic nitrogens is 4. The minimum absolute atomic E-state index is 0.